The Hall–Kier alpha value is -0.415. The Kier molecular flexibility index (Phi) is 3.44. The summed E-state index contributed by atoms with van der Waals surface area (Å²) in [6.45, 7) is 0. The van der Waals surface area contributed by atoms with E-state index in [4.69, 9.17) is 38.0 Å². The summed E-state index contributed by atoms with van der Waals surface area (Å²) in [5, 5.41) is 18.3. The van der Waals surface area contributed by atoms with Gasteiger partial charge in [0.25, 0.3) is 0 Å². The van der Waals surface area contributed by atoms with Gasteiger partial charge in [0.05, 0.1) is 12.1 Å². The molecule has 0 spiro atoms. The van der Waals surface area contributed by atoms with E-state index in [1.807, 2.05) is 0 Å². The molecule has 0 atom stereocenters. The molecule has 0 heterocycles. The SMILES string of the molecule is COc1cc(B(O)O)c(Cl)cc1Cl. The number of hydrogen-bond acceptors (Lipinski definition) is 3. The van der Waals surface area contributed by atoms with Crippen LogP contribution in [0.3, 0.4) is 0 Å². The summed E-state index contributed by atoms with van der Waals surface area (Å²) in [5.74, 6) is 0.356. The minimum absolute atomic E-state index is 0.169. The highest BCUT2D eigenvalue weighted by Crippen LogP contribution is 2.25. The summed E-state index contributed by atoms with van der Waals surface area (Å²) < 4.78 is 4.88. The molecule has 0 saturated carbocycles. The number of halogens is 2. The molecule has 0 aliphatic heterocycles. The van der Waals surface area contributed by atoms with Crippen LogP contribution in [0.15, 0.2) is 12.1 Å². The summed E-state index contributed by atoms with van der Waals surface area (Å²) in [5.41, 5.74) is 0.169. The van der Waals surface area contributed by atoms with E-state index in [9.17, 15) is 0 Å². The molecule has 0 bridgehead atoms. The fourth-order valence-corrected chi connectivity index (χ4v) is 1.46. The molecular formula is C7H7BCl2O3. The van der Waals surface area contributed by atoms with E-state index in [0.717, 1.165) is 0 Å². The van der Waals surface area contributed by atoms with Gasteiger partial charge in [-0.15, -0.1) is 0 Å². The lowest BCUT2D eigenvalue weighted by molar-refractivity contribution is 0.412. The zero-order valence-electron chi connectivity index (χ0n) is 6.79. The predicted octanol–water partition coefficient (Wildman–Crippen LogP) is 0.682. The molecule has 0 aliphatic rings. The van der Waals surface area contributed by atoms with Gasteiger partial charge in [0.2, 0.25) is 0 Å². The highest BCUT2D eigenvalue weighted by Gasteiger charge is 2.17. The quantitative estimate of drug-likeness (QED) is 0.721. The van der Waals surface area contributed by atoms with Crippen molar-refractivity contribution < 1.29 is 14.8 Å². The molecule has 0 aliphatic carbocycles. The van der Waals surface area contributed by atoms with Gasteiger partial charge in [0.15, 0.2) is 0 Å². The second-order valence-corrected chi connectivity index (χ2v) is 3.20. The highest BCUT2D eigenvalue weighted by molar-refractivity contribution is 6.63. The van der Waals surface area contributed by atoms with Crippen LogP contribution in [-0.4, -0.2) is 24.3 Å². The van der Waals surface area contributed by atoms with E-state index in [2.05, 4.69) is 0 Å². The van der Waals surface area contributed by atoms with E-state index in [-0.39, 0.29) is 10.5 Å². The number of methoxy groups -OCH3 is 1. The molecule has 0 fully saturated rings. The zero-order valence-corrected chi connectivity index (χ0v) is 8.30. The molecule has 1 rings (SSSR count). The lowest BCUT2D eigenvalue weighted by Gasteiger charge is -2.07. The van der Waals surface area contributed by atoms with E-state index in [1.165, 1.54) is 19.2 Å². The maximum atomic E-state index is 8.89. The second kappa shape index (κ2) is 4.20. The van der Waals surface area contributed by atoms with Gasteiger partial charge in [-0.05, 0) is 12.1 Å². The van der Waals surface area contributed by atoms with Crippen molar-refractivity contribution in [3.8, 4) is 5.75 Å². The largest absolute Gasteiger partial charge is 0.495 e. The van der Waals surface area contributed by atoms with Crippen LogP contribution < -0.4 is 10.2 Å². The molecule has 1 aromatic rings. The van der Waals surface area contributed by atoms with Crippen molar-refractivity contribution in [2.24, 2.45) is 0 Å². The summed E-state index contributed by atoms with van der Waals surface area (Å²) >= 11 is 11.4. The number of benzene rings is 1. The van der Waals surface area contributed by atoms with Gasteiger partial charge in [0, 0.05) is 10.5 Å². The van der Waals surface area contributed by atoms with Crippen LogP contribution in [0.2, 0.25) is 10.0 Å². The van der Waals surface area contributed by atoms with Gasteiger partial charge in [0.1, 0.15) is 5.75 Å². The number of ether oxygens (including phenoxy) is 1. The first-order chi connectivity index (χ1) is 6.06. The molecule has 3 nitrogen and oxygen atoms in total. The van der Waals surface area contributed by atoms with Gasteiger partial charge in [-0.2, -0.15) is 0 Å². The normalized spacial score (nSPS) is 9.92. The first-order valence-electron chi connectivity index (χ1n) is 3.45. The standard InChI is InChI=1S/C7H7BCl2O3/c1-13-7-2-4(8(11)12)5(9)3-6(7)10/h2-3,11-12H,1H3. The summed E-state index contributed by atoms with van der Waals surface area (Å²) in [7, 11) is -0.193. The van der Waals surface area contributed by atoms with Crippen molar-refractivity contribution in [1.82, 2.24) is 0 Å². The van der Waals surface area contributed by atoms with Crippen LogP contribution in [0.4, 0.5) is 0 Å². The molecule has 1 aromatic carbocycles. The topological polar surface area (TPSA) is 49.7 Å². The summed E-state index contributed by atoms with van der Waals surface area (Å²) in [6, 6.07) is 2.78. The van der Waals surface area contributed by atoms with Gasteiger partial charge in [-0.25, -0.2) is 0 Å². The smallest absolute Gasteiger partial charge is 0.490 e. The molecule has 0 radical (unpaired) electrons. The molecule has 2 N–H and O–H groups in total. The minimum atomic E-state index is -1.63. The van der Waals surface area contributed by atoms with Crippen LogP contribution in [0.1, 0.15) is 0 Å². The molecule has 6 heteroatoms. The molecule has 0 aromatic heterocycles. The summed E-state index contributed by atoms with van der Waals surface area (Å²) in [6.07, 6.45) is 0. The monoisotopic (exact) mass is 220 g/mol. The van der Waals surface area contributed by atoms with E-state index in [1.54, 1.807) is 0 Å². The van der Waals surface area contributed by atoms with E-state index in [0.29, 0.717) is 10.8 Å². The second-order valence-electron chi connectivity index (χ2n) is 2.38. The number of rotatable bonds is 2. The Morgan fingerprint density at radius 1 is 1.23 bits per heavy atom. The first-order valence-corrected chi connectivity index (χ1v) is 4.21. The van der Waals surface area contributed by atoms with Gasteiger partial charge < -0.3 is 14.8 Å². The average molecular weight is 221 g/mol. The van der Waals surface area contributed by atoms with E-state index < -0.39 is 7.12 Å². The van der Waals surface area contributed by atoms with Crippen molar-refractivity contribution in [3.05, 3.63) is 22.2 Å². The fourth-order valence-electron chi connectivity index (χ4n) is 0.899. The summed E-state index contributed by atoms with van der Waals surface area (Å²) in [4.78, 5) is 0. The molecule has 70 valence electrons. The van der Waals surface area contributed by atoms with Crippen molar-refractivity contribution in [3.63, 3.8) is 0 Å². The molecule has 0 unspecified atom stereocenters. The van der Waals surface area contributed by atoms with Crippen molar-refractivity contribution in [1.29, 1.82) is 0 Å². The van der Waals surface area contributed by atoms with Gasteiger partial charge >= 0.3 is 7.12 Å². The minimum Gasteiger partial charge on any atom is -0.495 e. The average Bonchev–Trinajstić information content (AvgIpc) is 2.03. The predicted molar refractivity (Wildman–Crippen MR) is 52.8 cm³/mol. The molecule has 13 heavy (non-hydrogen) atoms. The third kappa shape index (κ3) is 2.28. The highest BCUT2D eigenvalue weighted by atomic mass is 35.5. The maximum Gasteiger partial charge on any atom is 0.490 e. The first kappa shape index (κ1) is 10.7. The molecule has 0 amide bonds. The Morgan fingerprint density at radius 2 is 1.85 bits per heavy atom. The Balaban J connectivity index is 3.22. The van der Waals surface area contributed by atoms with Gasteiger partial charge in [-0.3, -0.25) is 0 Å². The fraction of sp³-hybridized carbons (Fsp3) is 0.143. The number of hydrogen-bond donors (Lipinski definition) is 2. The van der Waals surface area contributed by atoms with Crippen molar-refractivity contribution in [2.45, 2.75) is 0 Å². The van der Waals surface area contributed by atoms with Crippen LogP contribution in [0.25, 0.3) is 0 Å². The van der Waals surface area contributed by atoms with Crippen molar-refractivity contribution >= 4 is 35.8 Å². The Bertz CT molecular complexity index is 317. The van der Waals surface area contributed by atoms with Crippen LogP contribution in [0, 0.1) is 0 Å². The van der Waals surface area contributed by atoms with Crippen LogP contribution >= 0.6 is 23.2 Å². The zero-order chi connectivity index (χ0) is 10.0. The maximum absolute atomic E-state index is 8.89. The molecular weight excluding hydrogens is 214 g/mol. The van der Waals surface area contributed by atoms with Gasteiger partial charge in [-0.1, -0.05) is 23.2 Å². The third-order valence-corrected chi connectivity index (χ3v) is 2.17. The molecule has 0 saturated heterocycles. The van der Waals surface area contributed by atoms with E-state index >= 15 is 0 Å². The lowest BCUT2D eigenvalue weighted by atomic mass is 9.80. The third-order valence-electron chi connectivity index (χ3n) is 1.55. The van der Waals surface area contributed by atoms with Crippen LogP contribution in [-0.2, 0) is 0 Å². The van der Waals surface area contributed by atoms with Crippen molar-refractivity contribution in [2.75, 3.05) is 7.11 Å². The lowest BCUT2D eigenvalue weighted by Crippen LogP contribution is -2.30. The van der Waals surface area contributed by atoms with Crippen LogP contribution in [0.5, 0.6) is 5.75 Å². The Labute approximate surface area is 86.0 Å². The Morgan fingerprint density at radius 3 is 2.31 bits per heavy atom.